The lowest BCUT2D eigenvalue weighted by atomic mass is 9.91. The minimum Gasteiger partial charge on any atom is -0.352 e. The number of benzene rings is 2. The number of hydrogen-bond donors (Lipinski definition) is 0. The van der Waals surface area contributed by atoms with Crippen molar-refractivity contribution >= 4 is 50.2 Å². The third-order valence-corrected chi connectivity index (χ3v) is 10.4. The van der Waals surface area contributed by atoms with E-state index in [2.05, 4.69) is 14.9 Å². The molecule has 1 aliphatic carbocycles. The van der Waals surface area contributed by atoms with Gasteiger partial charge in [0.25, 0.3) is 0 Å². The van der Waals surface area contributed by atoms with Crippen LogP contribution < -0.4 is 4.90 Å². The summed E-state index contributed by atoms with van der Waals surface area (Å²) < 4.78 is 30.0. The maximum atomic E-state index is 13.2. The fraction of sp³-hybridized carbons (Fsp3) is 0.393. The third-order valence-electron chi connectivity index (χ3n) is 7.73. The summed E-state index contributed by atoms with van der Waals surface area (Å²) in [5.41, 5.74) is 2.90. The molecule has 11 heteroatoms. The number of nitrogens with zero attached hydrogens (tertiary/aromatic N) is 6. The summed E-state index contributed by atoms with van der Waals surface area (Å²) in [5, 5.41) is 1.21. The second-order valence-electron chi connectivity index (χ2n) is 10.3. The Morgan fingerprint density at radius 2 is 1.59 bits per heavy atom. The number of hydrogen-bond acceptors (Lipinski definition) is 6. The smallest absolute Gasteiger partial charge is 0.214 e. The normalized spacial score (nSPS) is 17.6. The molecule has 1 aliphatic heterocycles. The van der Waals surface area contributed by atoms with Crippen molar-refractivity contribution in [1.29, 1.82) is 0 Å². The molecule has 204 valence electrons. The van der Waals surface area contributed by atoms with Gasteiger partial charge in [0.15, 0.2) is 17.0 Å². The Hall–Kier alpha value is -2.72. The molecule has 0 unspecified atom stereocenters. The first kappa shape index (κ1) is 26.5. The van der Waals surface area contributed by atoms with Gasteiger partial charge in [-0.3, -0.25) is 4.57 Å². The van der Waals surface area contributed by atoms with Crippen LogP contribution >= 0.6 is 23.2 Å². The van der Waals surface area contributed by atoms with Gasteiger partial charge in [0.1, 0.15) is 12.2 Å². The molecule has 0 atom stereocenters. The number of fused-ring (bicyclic) bond motifs is 1. The van der Waals surface area contributed by atoms with Crippen molar-refractivity contribution in [3.05, 3.63) is 64.9 Å². The van der Waals surface area contributed by atoms with Crippen LogP contribution in [0.25, 0.3) is 28.2 Å². The van der Waals surface area contributed by atoms with Gasteiger partial charge in [-0.2, -0.15) is 4.31 Å². The number of aromatic nitrogens is 4. The molecule has 4 aromatic rings. The van der Waals surface area contributed by atoms with E-state index in [1.165, 1.54) is 12.7 Å². The zero-order valence-electron chi connectivity index (χ0n) is 21.5. The molecule has 0 spiro atoms. The van der Waals surface area contributed by atoms with E-state index in [4.69, 9.17) is 28.2 Å². The summed E-state index contributed by atoms with van der Waals surface area (Å²) >= 11 is 12.8. The summed E-state index contributed by atoms with van der Waals surface area (Å²) in [4.78, 5) is 16.3. The van der Waals surface area contributed by atoms with Crippen LogP contribution in [0, 0.1) is 5.92 Å². The Morgan fingerprint density at radius 1 is 0.872 bits per heavy atom. The number of rotatable bonds is 6. The molecular formula is C28H30Cl2N6O2S. The molecule has 3 heterocycles. The van der Waals surface area contributed by atoms with Gasteiger partial charge in [-0.15, -0.1) is 0 Å². The first-order valence-electron chi connectivity index (χ1n) is 13.4. The average molecular weight is 586 g/mol. The van der Waals surface area contributed by atoms with E-state index in [0.717, 1.165) is 36.9 Å². The fourth-order valence-corrected chi connectivity index (χ4v) is 7.91. The summed E-state index contributed by atoms with van der Waals surface area (Å²) in [6, 6.07) is 15.1. The summed E-state index contributed by atoms with van der Waals surface area (Å²) in [6.45, 7) is 1.92. The number of sulfonamides is 1. The largest absolute Gasteiger partial charge is 0.352 e. The van der Waals surface area contributed by atoms with Crippen molar-refractivity contribution in [2.24, 2.45) is 5.92 Å². The molecule has 2 aromatic heterocycles. The minimum atomic E-state index is -3.29. The van der Waals surface area contributed by atoms with Gasteiger partial charge in [0, 0.05) is 42.5 Å². The van der Waals surface area contributed by atoms with Gasteiger partial charge >= 0.3 is 0 Å². The Labute approximate surface area is 238 Å². The Morgan fingerprint density at radius 3 is 2.31 bits per heavy atom. The summed E-state index contributed by atoms with van der Waals surface area (Å²) in [7, 11) is -3.29. The van der Waals surface area contributed by atoms with Gasteiger partial charge in [-0.25, -0.2) is 23.4 Å². The van der Waals surface area contributed by atoms with Crippen molar-refractivity contribution < 1.29 is 8.42 Å². The van der Waals surface area contributed by atoms with E-state index in [0.29, 0.717) is 59.0 Å². The molecule has 2 aromatic carbocycles. The van der Waals surface area contributed by atoms with Crippen LogP contribution in [-0.2, 0) is 10.0 Å². The Balaban J connectivity index is 1.33. The van der Waals surface area contributed by atoms with Gasteiger partial charge in [0.05, 0.1) is 10.8 Å². The number of piperazine rings is 1. The molecule has 0 amide bonds. The minimum absolute atomic E-state index is 0.261. The van der Waals surface area contributed by atoms with Crippen molar-refractivity contribution in [1.82, 2.24) is 23.8 Å². The molecule has 0 N–H and O–H groups in total. The van der Waals surface area contributed by atoms with E-state index in [1.54, 1.807) is 4.31 Å². The van der Waals surface area contributed by atoms with E-state index in [1.807, 2.05) is 53.1 Å². The quantitative estimate of drug-likeness (QED) is 0.284. The molecule has 0 bridgehead atoms. The number of imidazole rings is 1. The van der Waals surface area contributed by atoms with E-state index >= 15 is 0 Å². The predicted octanol–water partition coefficient (Wildman–Crippen LogP) is 5.82. The van der Waals surface area contributed by atoms with E-state index in [9.17, 15) is 8.42 Å². The van der Waals surface area contributed by atoms with Gasteiger partial charge in [-0.1, -0.05) is 54.6 Å². The van der Waals surface area contributed by atoms with Crippen LogP contribution in [0.3, 0.4) is 0 Å². The lowest BCUT2D eigenvalue weighted by Gasteiger charge is -2.35. The molecule has 39 heavy (non-hydrogen) atoms. The van der Waals surface area contributed by atoms with Crippen LogP contribution in [0.4, 0.5) is 5.82 Å². The van der Waals surface area contributed by atoms with Crippen LogP contribution in [-0.4, -0.2) is 64.2 Å². The molecule has 0 radical (unpaired) electrons. The van der Waals surface area contributed by atoms with Gasteiger partial charge < -0.3 is 4.90 Å². The molecule has 6 rings (SSSR count). The average Bonchev–Trinajstić information content (AvgIpc) is 3.34. The Kier molecular flexibility index (Phi) is 7.50. The van der Waals surface area contributed by atoms with Crippen molar-refractivity contribution in [2.45, 2.75) is 32.1 Å². The molecular weight excluding hydrogens is 555 g/mol. The zero-order chi connectivity index (χ0) is 27.0. The second kappa shape index (κ2) is 11.0. The highest BCUT2D eigenvalue weighted by Crippen LogP contribution is 2.35. The first-order valence-corrected chi connectivity index (χ1v) is 15.7. The standard InChI is InChI=1S/C28H30Cl2N6O2S/c29-21-10-12-22(13-11-21)36-26(23-8-4-5-9-24(23)30)33-25-27(31-19-32-28(25)36)34-14-16-35(17-15-34)39(37,38)18-20-6-2-1-3-7-20/h4-5,8-13,19-20H,1-3,6-7,14-18H2. The lowest BCUT2D eigenvalue weighted by Crippen LogP contribution is -2.50. The van der Waals surface area contributed by atoms with Crippen molar-refractivity contribution in [3.8, 4) is 17.1 Å². The SMILES string of the molecule is O=S(=O)(CC1CCCCC1)N1CCN(c2ncnc3c2nc(-c2ccccc2Cl)n3-c2ccc(Cl)cc2)CC1. The monoisotopic (exact) mass is 584 g/mol. The molecule has 2 aliphatic rings. The fourth-order valence-electron chi connectivity index (χ4n) is 5.70. The second-order valence-corrected chi connectivity index (χ2v) is 13.1. The van der Waals surface area contributed by atoms with Gasteiger partial charge in [-0.05, 0) is 55.2 Å². The highest BCUT2D eigenvalue weighted by atomic mass is 35.5. The van der Waals surface area contributed by atoms with Gasteiger partial charge in [0.2, 0.25) is 10.0 Å². The maximum Gasteiger partial charge on any atom is 0.214 e. The summed E-state index contributed by atoms with van der Waals surface area (Å²) in [5.74, 6) is 1.87. The maximum absolute atomic E-state index is 13.2. The number of halogens is 2. The highest BCUT2D eigenvalue weighted by Gasteiger charge is 2.31. The number of anilines is 1. The molecule has 2 fully saturated rings. The highest BCUT2D eigenvalue weighted by molar-refractivity contribution is 7.89. The Bertz CT molecular complexity index is 1580. The van der Waals surface area contributed by atoms with E-state index in [-0.39, 0.29) is 11.7 Å². The lowest BCUT2D eigenvalue weighted by molar-refractivity contribution is 0.355. The van der Waals surface area contributed by atoms with Crippen LogP contribution in [0.2, 0.25) is 10.0 Å². The van der Waals surface area contributed by atoms with Crippen molar-refractivity contribution in [3.63, 3.8) is 0 Å². The molecule has 1 saturated carbocycles. The summed E-state index contributed by atoms with van der Waals surface area (Å²) in [6.07, 6.45) is 7.06. The van der Waals surface area contributed by atoms with Crippen LogP contribution in [0.15, 0.2) is 54.9 Å². The molecule has 8 nitrogen and oxygen atoms in total. The molecule has 1 saturated heterocycles. The van der Waals surface area contributed by atoms with Crippen LogP contribution in [0.5, 0.6) is 0 Å². The van der Waals surface area contributed by atoms with Crippen LogP contribution in [0.1, 0.15) is 32.1 Å². The third kappa shape index (κ3) is 5.37. The van der Waals surface area contributed by atoms with E-state index < -0.39 is 10.0 Å². The first-order chi connectivity index (χ1) is 18.9. The zero-order valence-corrected chi connectivity index (χ0v) is 23.8. The predicted molar refractivity (Wildman–Crippen MR) is 156 cm³/mol. The topological polar surface area (TPSA) is 84.2 Å². The van der Waals surface area contributed by atoms with Crippen molar-refractivity contribution in [2.75, 3.05) is 36.8 Å².